The molecule has 0 bridgehead atoms. The van der Waals surface area contributed by atoms with Crippen LogP contribution in [-0.4, -0.2) is 13.0 Å². The van der Waals surface area contributed by atoms with E-state index in [4.69, 9.17) is 4.74 Å². The molecule has 0 heterocycles. The van der Waals surface area contributed by atoms with E-state index in [1.165, 1.54) is 43.9 Å². The summed E-state index contributed by atoms with van der Waals surface area (Å²) in [7, 11) is -4.45. The van der Waals surface area contributed by atoms with E-state index in [9.17, 15) is 18.1 Å². The second-order valence-corrected chi connectivity index (χ2v) is 7.71. The molecule has 5 nitrogen and oxygen atoms in total. The van der Waals surface area contributed by atoms with Gasteiger partial charge in [0.25, 0.3) is 10.1 Å². The van der Waals surface area contributed by atoms with Gasteiger partial charge in [-0.3, -0.25) is 4.55 Å². The molecule has 2 aromatic rings. The van der Waals surface area contributed by atoms with Gasteiger partial charge in [0.1, 0.15) is 16.4 Å². The zero-order valence-corrected chi connectivity index (χ0v) is 18.8. The fraction of sp³-hybridized carbons (Fsp3) is 0.400. The van der Waals surface area contributed by atoms with E-state index in [0.29, 0.717) is 0 Å². The normalized spacial score (nSPS) is 11.0. The first-order valence-corrected chi connectivity index (χ1v) is 10.4. The maximum atomic E-state index is 11.8. The third-order valence-electron chi connectivity index (χ3n) is 4.17. The molecule has 0 unspecified atom stereocenters. The third-order valence-corrected chi connectivity index (χ3v) is 5.07. The monoisotopic (exact) mass is 400 g/mol. The van der Waals surface area contributed by atoms with Gasteiger partial charge >= 0.3 is 29.6 Å². The van der Waals surface area contributed by atoms with Gasteiger partial charge in [-0.1, -0.05) is 69.0 Å². The molecule has 0 aliphatic rings. The van der Waals surface area contributed by atoms with Gasteiger partial charge < -0.3 is 9.84 Å². The zero-order valence-electron chi connectivity index (χ0n) is 16.0. The van der Waals surface area contributed by atoms with Crippen molar-refractivity contribution in [3.05, 3.63) is 48.0 Å². The van der Waals surface area contributed by atoms with E-state index in [1.54, 1.807) is 24.3 Å². The zero-order chi connectivity index (χ0) is 19.0. The molecule has 0 amide bonds. The molecule has 142 valence electrons. The van der Waals surface area contributed by atoms with Crippen molar-refractivity contribution in [3.63, 3.8) is 0 Å². The average Bonchev–Trinajstić information content (AvgIpc) is 2.59. The second kappa shape index (κ2) is 11.7. The van der Waals surface area contributed by atoms with E-state index in [-0.39, 0.29) is 51.7 Å². The first-order chi connectivity index (χ1) is 12.4. The van der Waals surface area contributed by atoms with Gasteiger partial charge in [-0.05, 0) is 36.6 Å². The summed E-state index contributed by atoms with van der Waals surface area (Å²) in [6, 6.07) is 10.6. The van der Waals surface area contributed by atoms with Crippen molar-refractivity contribution < 1.29 is 52.4 Å². The topological polar surface area (TPSA) is 86.7 Å². The summed E-state index contributed by atoms with van der Waals surface area (Å²) in [5.41, 5.74) is 0.909. The Morgan fingerprint density at radius 3 is 2.30 bits per heavy atom. The first kappa shape index (κ1) is 24.0. The van der Waals surface area contributed by atoms with Crippen LogP contribution in [0.1, 0.15) is 51.0 Å². The van der Waals surface area contributed by atoms with Crippen molar-refractivity contribution in [2.24, 2.45) is 0 Å². The Morgan fingerprint density at radius 2 is 1.63 bits per heavy atom. The van der Waals surface area contributed by atoms with Gasteiger partial charge in [-0.15, -0.1) is 0 Å². The molecule has 2 aromatic carbocycles. The molecule has 0 atom stereocenters. The Balaban J connectivity index is 0.00000364. The van der Waals surface area contributed by atoms with Crippen molar-refractivity contribution in [2.75, 3.05) is 0 Å². The molecule has 0 aromatic heterocycles. The Kier molecular flexibility index (Phi) is 10.4. The second-order valence-electron chi connectivity index (χ2n) is 6.32. The largest absolute Gasteiger partial charge is 1.00 e. The average molecular weight is 400 g/mol. The van der Waals surface area contributed by atoms with Gasteiger partial charge in [-0.2, -0.15) is 8.42 Å². The predicted molar refractivity (Wildman–Crippen MR) is 99.3 cm³/mol. The van der Waals surface area contributed by atoms with Crippen LogP contribution in [0.4, 0.5) is 0 Å². The summed E-state index contributed by atoms with van der Waals surface area (Å²) in [6.07, 6.45) is 7.75. The minimum absolute atomic E-state index is 0. The molecule has 0 fully saturated rings. The summed E-state index contributed by atoms with van der Waals surface area (Å²) in [5.74, 6) is -0.358. The maximum Gasteiger partial charge on any atom is 1.00 e. The van der Waals surface area contributed by atoms with E-state index < -0.39 is 10.1 Å². The predicted octanol–water partition coefficient (Wildman–Crippen LogP) is 1.71. The number of ether oxygens (including phenoxy) is 1. The van der Waals surface area contributed by atoms with Crippen molar-refractivity contribution in [3.8, 4) is 17.2 Å². The molecule has 0 aliphatic heterocycles. The number of rotatable bonds is 10. The molecule has 7 heteroatoms. The SMILES string of the molecule is CCCCCCCCc1ccc(S(=O)(=O)O)c(Oc2ccccc2[O-])c1.[Na+]. The van der Waals surface area contributed by atoms with Crippen LogP contribution < -0.4 is 39.4 Å². The summed E-state index contributed by atoms with van der Waals surface area (Å²) in [4.78, 5) is -0.340. The van der Waals surface area contributed by atoms with E-state index in [2.05, 4.69) is 6.92 Å². The molecule has 0 aliphatic carbocycles. The van der Waals surface area contributed by atoms with Crippen molar-refractivity contribution in [1.29, 1.82) is 0 Å². The van der Waals surface area contributed by atoms with Crippen LogP contribution >= 0.6 is 0 Å². The smallest absolute Gasteiger partial charge is 0.870 e. The van der Waals surface area contributed by atoms with Gasteiger partial charge in [0, 0.05) is 0 Å². The standard InChI is InChI=1S/C20H26O5S.Na/c1-2-3-4-5-6-7-10-16-13-14-20(26(22,23)24)19(15-16)25-18-12-9-8-11-17(18)21;/h8-9,11-15,21H,2-7,10H2,1H3,(H,22,23,24);/q;+1/p-1. The molecule has 0 saturated heterocycles. The number of aryl methyl sites for hydroxylation is 1. The third kappa shape index (κ3) is 7.84. The molecule has 2 rings (SSSR count). The van der Waals surface area contributed by atoms with Crippen molar-refractivity contribution in [2.45, 2.75) is 56.8 Å². The molecule has 0 radical (unpaired) electrons. The van der Waals surface area contributed by atoms with Gasteiger partial charge in [0.05, 0.1) is 0 Å². The van der Waals surface area contributed by atoms with Gasteiger partial charge in [0.15, 0.2) is 0 Å². The fourth-order valence-corrected chi connectivity index (χ4v) is 3.36. The molecular weight excluding hydrogens is 375 g/mol. The Morgan fingerprint density at radius 1 is 0.963 bits per heavy atom. The van der Waals surface area contributed by atoms with Crippen LogP contribution in [0, 0.1) is 0 Å². The molecule has 0 spiro atoms. The maximum absolute atomic E-state index is 11.8. The number of benzene rings is 2. The molecule has 1 N–H and O–H groups in total. The Labute approximate surface area is 183 Å². The number of unbranched alkanes of at least 4 members (excludes halogenated alkanes) is 5. The van der Waals surface area contributed by atoms with Crippen LogP contribution in [0.5, 0.6) is 17.2 Å². The minimum atomic E-state index is -4.45. The molecule has 0 saturated carbocycles. The summed E-state index contributed by atoms with van der Waals surface area (Å²) < 4.78 is 38.1. The van der Waals surface area contributed by atoms with Crippen molar-refractivity contribution in [1.82, 2.24) is 0 Å². The fourth-order valence-electron chi connectivity index (χ4n) is 2.76. The Hall–Kier alpha value is -1.05. The van der Waals surface area contributed by atoms with Crippen LogP contribution in [0.25, 0.3) is 0 Å². The van der Waals surface area contributed by atoms with Crippen LogP contribution in [0.2, 0.25) is 0 Å². The summed E-state index contributed by atoms with van der Waals surface area (Å²) in [6.45, 7) is 2.18. The summed E-state index contributed by atoms with van der Waals surface area (Å²) in [5, 5.41) is 11.8. The molecule has 27 heavy (non-hydrogen) atoms. The summed E-state index contributed by atoms with van der Waals surface area (Å²) >= 11 is 0. The van der Waals surface area contributed by atoms with Gasteiger partial charge in [-0.25, -0.2) is 0 Å². The van der Waals surface area contributed by atoms with E-state index in [1.807, 2.05) is 0 Å². The number of hydrogen-bond acceptors (Lipinski definition) is 4. The van der Waals surface area contributed by atoms with Crippen LogP contribution in [-0.2, 0) is 16.5 Å². The first-order valence-electron chi connectivity index (χ1n) is 8.96. The quantitative estimate of drug-likeness (QED) is 0.373. The molecular formula is C20H25NaO5S. The van der Waals surface area contributed by atoms with Crippen molar-refractivity contribution >= 4 is 10.1 Å². The Bertz CT molecular complexity index is 821. The minimum Gasteiger partial charge on any atom is -0.870 e. The number of para-hydroxylation sites is 2. The van der Waals surface area contributed by atoms with Crippen LogP contribution in [0.3, 0.4) is 0 Å². The van der Waals surface area contributed by atoms with Crippen LogP contribution in [0.15, 0.2) is 47.4 Å². The van der Waals surface area contributed by atoms with E-state index in [0.717, 1.165) is 24.8 Å². The number of hydrogen-bond donors (Lipinski definition) is 1. The van der Waals surface area contributed by atoms with E-state index >= 15 is 0 Å². The van der Waals surface area contributed by atoms with Gasteiger partial charge in [0.2, 0.25) is 0 Å².